The zero-order chi connectivity index (χ0) is 15.9. The number of carbonyl (C=O) groups is 1. The molecule has 22 heavy (non-hydrogen) atoms. The first-order valence-corrected chi connectivity index (χ1v) is 8.29. The highest BCUT2D eigenvalue weighted by atomic mass is 79.9. The van der Waals surface area contributed by atoms with E-state index >= 15 is 0 Å². The van der Waals surface area contributed by atoms with Crippen LogP contribution in [0.5, 0.6) is 0 Å². The van der Waals surface area contributed by atoms with E-state index in [1.54, 1.807) is 0 Å². The molecule has 0 spiro atoms. The largest absolute Gasteiger partial charge is 0.321 e. The fourth-order valence-electron chi connectivity index (χ4n) is 2.34. The Kier molecular flexibility index (Phi) is 5.96. The van der Waals surface area contributed by atoms with Crippen LogP contribution in [0.15, 0.2) is 53.0 Å². The number of amides is 1. The highest BCUT2D eigenvalue weighted by Crippen LogP contribution is 2.24. The molecule has 0 unspecified atom stereocenters. The summed E-state index contributed by atoms with van der Waals surface area (Å²) in [6.07, 6.45) is 3.61. The van der Waals surface area contributed by atoms with Crippen LogP contribution in [-0.2, 0) is 17.6 Å². The predicted octanol–water partition coefficient (Wildman–Crippen LogP) is 5.19. The normalized spacial score (nSPS) is 11.3. The van der Waals surface area contributed by atoms with Crippen LogP contribution >= 0.6 is 15.9 Å². The molecule has 0 bridgehead atoms. The van der Waals surface area contributed by atoms with Gasteiger partial charge in [-0.25, -0.2) is 0 Å². The first kappa shape index (κ1) is 16.5. The number of hydrogen-bond donors (Lipinski definition) is 1. The number of benzene rings is 2. The minimum atomic E-state index is -0.126. The van der Waals surface area contributed by atoms with Gasteiger partial charge in [0.25, 0.3) is 5.91 Å². The van der Waals surface area contributed by atoms with E-state index in [4.69, 9.17) is 0 Å². The van der Waals surface area contributed by atoms with E-state index in [1.807, 2.05) is 42.5 Å². The molecule has 0 fully saturated rings. The zero-order valence-electron chi connectivity index (χ0n) is 12.9. The summed E-state index contributed by atoms with van der Waals surface area (Å²) < 4.78 is 0.520. The zero-order valence-corrected chi connectivity index (χ0v) is 14.5. The Bertz CT molecular complexity index is 655. The lowest BCUT2D eigenvalue weighted by Gasteiger charge is -2.14. The molecule has 0 aromatic heterocycles. The van der Waals surface area contributed by atoms with Gasteiger partial charge in [0.05, 0.1) is 4.48 Å². The Morgan fingerprint density at radius 2 is 1.59 bits per heavy atom. The lowest BCUT2D eigenvalue weighted by molar-refractivity contribution is -0.112. The van der Waals surface area contributed by atoms with E-state index in [-0.39, 0.29) is 5.91 Å². The fraction of sp³-hybridized carbons (Fsp3) is 0.211. The monoisotopic (exact) mass is 357 g/mol. The Balaban J connectivity index is 2.24. The van der Waals surface area contributed by atoms with Crippen LogP contribution in [0, 0.1) is 0 Å². The van der Waals surface area contributed by atoms with Crippen molar-refractivity contribution in [1.82, 2.24) is 0 Å². The summed E-state index contributed by atoms with van der Waals surface area (Å²) >= 11 is 3.38. The summed E-state index contributed by atoms with van der Waals surface area (Å²) in [6.45, 7) is 4.19. The average molecular weight is 358 g/mol. The smallest absolute Gasteiger partial charge is 0.262 e. The Labute approximate surface area is 140 Å². The van der Waals surface area contributed by atoms with Crippen molar-refractivity contribution in [2.75, 3.05) is 5.32 Å². The van der Waals surface area contributed by atoms with Gasteiger partial charge in [-0.15, -0.1) is 0 Å². The maximum atomic E-state index is 12.4. The topological polar surface area (TPSA) is 29.1 Å². The highest BCUT2D eigenvalue weighted by Gasteiger charge is 2.12. The second-order valence-corrected chi connectivity index (χ2v) is 5.87. The number of anilines is 1. The van der Waals surface area contributed by atoms with Gasteiger partial charge in [0.15, 0.2) is 0 Å². The molecule has 1 N–H and O–H groups in total. The molecule has 2 rings (SSSR count). The van der Waals surface area contributed by atoms with Crippen molar-refractivity contribution in [2.24, 2.45) is 0 Å². The number of para-hydroxylation sites is 1. The summed E-state index contributed by atoms with van der Waals surface area (Å²) in [5.74, 6) is -0.126. The number of halogens is 1. The maximum Gasteiger partial charge on any atom is 0.262 e. The lowest BCUT2D eigenvalue weighted by atomic mass is 10.0. The first-order chi connectivity index (χ1) is 10.7. The molecular formula is C19H20BrNO. The molecule has 0 atom stereocenters. The summed E-state index contributed by atoms with van der Waals surface area (Å²) in [5.41, 5.74) is 4.25. The minimum Gasteiger partial charge on any atom is -0.321 e. The highest BCUT2D eigenvalue weighted by molar-refractivity contribution is 9.12. The Morgan fingerprint density at radius 1 is 1.00 bits per heavy atom. The third-order valence-corrected chi connectivity index (χ3v) is 4.14. The molecule has 0 radical (unpaired) electrons. The second kappa shape index (κ2) is 7.95. The van der Waals surface area contributed by atoms with Gasteiger partial charge in [-0.2, -0.15) is 0 Å². The quantitative estimate of drug-likeness (QED) is 0.733. The van der Waals surface area contributed by atoms with Crippen LogP contribution in [0.25, 0.3) is 6.08 Å². The molecule has 0 aliphatic rings. The van der Waals surface area contributed by atoms with Gasteiger partial charge < -0.3 is 5.32 Å². The van der Waals surface area contributed by atoms with E-state index in [1.165, 1.54) is 0 Å². The molecule has 0 saturated heterocycles. The van der Waals surface area contributed by atoms with Crippen LogP contribution in [-0.4, -0.2) is 5.91 Å². The SMILES string of the molecule is CCc1cccc(CC)c1NC(=O)C(Br)=Cc1ccccc1. The summed E-state index contributed by atoms with van der Waals surface area (Å²) in [4.78, 5) is 12.4. The summed E-state index contributed by atoms with van der Waals surface area (Å²) in [5, 5.41) is 3.05. The fourth-order valence-corrected chi connectivity index (χ4v) is 2.70. The Morgan fingerprint density at radius 3 is 2.14 bits per heavy atom. The molecule has 0 aliphatic heterocycles. The third-order valence-electron chi connectivity index (χ3n) is 3.55. The van der Waals surface area contributed by atoms with Gasteiger partial charge in [0.2, 0.25) is 0 Å². The molecule has 0 heterocycles. The van der Waals surface area contributed by atoms with Crippen molar-refractivity contribution in [3.8, 4) is 0 Å². The van der Waals surface area contributed by atoms with Gasteiger partial charge in [0, 0.05) is 5.69 Å². The third kappa shape index (κ3) is 4.08. The first-order valence-electron chi connectivity index (χ1n) is 7.50. The van der Waals surface area contributed by atoms with Crippen molar-refractivity contribution in [3.63, 3.8) is 0 Å². The molecule has 0 aliphatic carbocycles. The number of carbonyl (C=O) groups excluding carboxylic acids is 1. The molecular weight excluding hydrogens is 338 g/mol. The lowest BCUT2D eigenvalue weighted by Crippen LogP contribution is -2.14. The van der Waals surface area contributed by atoms with Crippen molar-refractivity contribution in [1.29, 1.82) is 0 Å². The molecule has 2 nitrogen and oxygen atoms in total. The van der Waals surface area contributed by atoms with Gasteiger partial charge in [-0.05, 0) is 51.5 Å². The van der Waals surface area contributed by atoms with E-state index < -0.39 is 0 Å². The van der Waals surface area contributed by atoms with Crippen molar-refractivity contribution in [3.05, 3.63) is 69.7 Å². The van der Waals surface area contributed by atoms with Crippen LogP contribution < -0.4 is 5.32 Å². The number of rotatable bonds is 5. The van der Waals surface area contributed by atoms with Gasteiger partial charge in [-0.3, -0.25) is 4.79 Å². The standard InChI is InChI=1S/C19H20BrNO/c1-3-15-11-8-12-16(4-2)18(15)21-19(22)17(20)13-14-9-6-5-7-10-14/h5-13H,3-4H2,1-2H3,(H,21,22). The van der Waals surface area contributed by atoms with E-state index in [2.05, 4.69) is 47.2 Å². The Hall–Kier alpha value is -1.87. The number of nitrogens with one attached hydrogen (secondary N) is 1. The van der Waals surface area contributed by atoms with Crippen LogP contribution in [0.1, 0.15) is 30.5 Å². The number of hydrogen-bond acceptors (Lipinski definition) is 1. The summed E-state index contributed by atoms with van der Waals surface area (Å²) in [6, 6.07) is 15.9. The van der Waals surface area contributed by atoms with Crippen LogP contribution in [0.3, 0.4) is 0 Å². The van der Waals surface area contributed by atoms with Crippen LogP contribution in [0.4, 0.5) is 5.69 Å². The average Bonchev–Trinajstić information content (AvgIpc) is 2.55. The molecule has 1 amide bonds. The van der Waals surface area contributed by atoms with Crippen molar-refractivity contribution < 1.29 is 4.79 Å². The van der Waals surface area contributed by atoms with Gasteiger partial charge >= 0.3 is 0 Å². The van der Waals surface area contributed by atoms with E-state index in [0.717, 1.165) is 35.2 Å². The molecule has 114 valence electrons. The van der Waals surface area contributed by atoms with Gasteiger partial charge in [0.1, 0.15) is 0 Å². The van der Waals surface area contributed by atoms with E-state index in [9.17, 15) is 4.79 Å². The molecule has 3 heteroatoms. The molecule has 2 aromatic rings. The number of aryl methyl sites for hydroxylation is 2. The molecule has 2 aromatic carbocycles. The van der Waals surface area contributed by atoms with Gasteiger partial charge in [-0.1, -0.05) is 62.4 Å². The van der Waals surface area contributed by atoms with Crippen molar-refractivity contribution in [2.45, 2.75) is 26.7 Å². The van der Waals surface area contributed by atoms with E-state index in [0.29, 0.717) is 4.48 Å². The maximum absolute atomic E-state index is 12.4. The second-order valence-electron chi connectivity index (χ2n) is 5.02. The predicted molar refractivity (Wildman–Crippen MR) is 97.2 cm³/mol. The van der Waals surface area contributed by atoms with Crippen LogP contribution in [0.2, 0.25) is 0 Å². The molecule has 0 saturated carbocycles. The van der Waals surface area contributed by atoms with Crippen molar-refractivity contribution >= 4 is 33.6 Å². The summed E-state index contributed by atoms with van der Waals surface area (Å²) in [7, 11) is 0. The minimum absolute atomic E-state index is 0.126.